The van der Waals surface area contributed by atoms with Crippen LogP contribution in [0.4, 0.5) is 0 Å². The van der Waals surface area contributed by atoms with Crippen molar-refractivity contribution < 1.29 is 14.3 Å². The first-order valence-electron chi connectivity index (χ1n) is 10.3. The van der Waals surface area contributed by atoms with Gasteiger partial charge in [-0.25, -0.2) is 0 Å². The van der Waals surface area contributed by atoms with Crippen LogP contribution in [-0.4, -0.2) is 40.4 Å². The van der Waals surface area contributed by atoms with E-state index in [1.807, 2.05) is 6.07 Å². The molecule has 1 aliphatic heterocycles. The Morgan fingerprint density at radius 3 is 2.50 bits per heavy atom. The zero-order chi connectivity index (χ0) is 22.5. The van der Waals surface area contributed by atoms with Crippen LogP contribution in [-0.2, 0) is 4.79 Å². The van der Waals surface area contributed by atoms with Crippen molar-refractivity contribution in [2.24, 2.45) is 0 Å². The summed E-state index contributed by atoms with van der Waals surface area (Å²) in [6.07, 6.45) is 5.72. The molecule has 0 unspecified atom stereocenters. The van der Waals surface area contributed by atoms with E-state index in [1.165, 1.54) is 10.5 Å². The maximum Gasteiger partial charge on any atom is 0.269 e. The number of amides is 1. The molecule has 0 spiro atoms. The van der Waals surface area contributed by atoms with Crippen molar-refractivity contribution in [1.82, 2.24) is 14.3 Å². The van der Waals surface area contributed by atoms with Crippen molar-refractivity contribution in [3.05, 3.63) is 70.2 Å². The molecule has 0 N–H and O–H groups in total. The van der Waals surface area contributed by atoms with E-state index < -0.39 is 5.56 Å². The second kappa shape index (κ2) is 9.35. The molecule has 1 fully saturated rings. The summed E-state index contributed by atoms with van der Waals surface area (Å²) in [6, 6.07) is 13.9. The third kappa shape index (κ3) is 4.32. The molecule has 8 nitrogen and oxygen atoms in total. The molecule has 8 heteroatoms. The van der Waals surface area contributed by atoms with Gasteiger partial charge in [-0.05, 0) is 61.7 Å². The highest BCUT2D eigenvalue weighted by Gasteiger charge is 2.22. The van der Waals surface area contributed by atoms with Crippen LogP contribution in [0.15, 0.2) is 59.0 Å². The molecule has 3 heterocycles. The van der Waals surface area contributed by atoms with Crippen LogP contribution in [0.25, 0.3) is 11.7 Å². The standard InChI is InChI=1S/C24H22N4O4/c1-31-18-8-10-19(11-9-18)32-22-20(24(30)28-14-6-3-7-21(28)26-22)15-17(16-25)23(29)27-12-4-2-5-13-27/h3,6-11,14-15H,2,4-5,12-13H2,1H3. The van der Waals surface area contributed by atoms with Crippen LogP contribution in [0.3, 0.4) is 0 Å². The summed E-state index contributed by atoms with van der Waals surface area (Å²) in [5, 5.41) is 9.68. The van der Waals surface area contributed by atoms with E-state index in [1.54, 1.807) is 60.7 Å². The number of carbonyl (C=O) groups is 1. The van der Waals surface area contributed by atoms with Crippen LogP contribution in [0.5, 0.6) is 17.4 Å². The number of hydrogen-bond acceptors (Lipinski definition) is 6. The molecule has 162 valence electrons. The number of rotatable bonds is 5. The van der Waals surface area contributed by atoms with E-state index in [9.17, 15) is 14.9 Å². The van der Waals surface area contributed by atoms with E-state index >= 15 is 0 Å². The molecule has 1 saturated heterocycles. The minimum atomic E-state index is -0.432. The topological polar surface area (TPSA) is 96.9 Å². The Kier molecular flexibility index (Phi) is 6.17. The maximum absolute atomic E-state index is 13.2. The van der Waals surface area contributed by atoms with Crippen LogP contribution in [0.1, 0.15) is 24.8 Å². The molecule has 0 aliphatic carbocycles. The highest BCUT2D eigenvalue weighted by atomic mass is 16.5. The van der Waals surface area contributed by atoms with E-state index in [4.69, 9.17) is 9.47 Å². The number of nitriles is 1. The van der Waals surface area contributed by atoms with E-state index in [-0.39, 0.29) is 22.9 Å². The molecule has 0 saturated carbocycles. The minimum absolute atomic E-state index is 0.0190. The summed E-state index contributed by atoms with van der Waals surface area (Å²) in [5.74, 6) is 0.724. The van der Waals surface area contributed by atoms with Gasteiger partial charge in [0.25, 0.3) is 11.5 Å². The van der Waals surface area contributed by atoms with Gasteiger partial charge in [0.05, 0.1) is 7.11 Å². The zero-order valence-electron chi connectivity index (χ0n) is 17.7. The lowest BCUT2D eigenvalue weighted by Crippen LogP contribution is -2.36. The zero-order valence-corrected chi connectivity index (χ0v) is 17.7. The Labute approximate surface area is 184 Å². The molecule has 1 aromatic carbocycles. The molecule has 32 heavy (non-hydrogen) atoms. The van der Waals surface area contributed by atoms with Gasteiger partial charge in [0.2, 0.25) is 5.88 Å². The van der Waals surface area contributed by atoms with Crippen molar-refractivity contribution in [2.45, 2.75) is 19.3 Å². The molecule has 3 aromatic rings. The van der Waals surface area contributed by atoms with Gasteiger partial charge in [-0.15, -0.1) is 0 Å². The van der Waals surface area contributed by atoms with Crippen molar-refractivity contribution in [1.29, 1.82) is 5.26 Å². The summed E-state index contributed by atoms with van der Waals surface area (Å²) in [5.41, 5.74) is -0.134. The average Bonchev–Trinajstić information content (AvgIpc) is 2.84. The Morgan fingerprint density at radius 2 is 1.81 bits per heavy atom. The summed E-state index contributed by atoms with van der Waals surface area (Å²) < 4.78 is 12.4. The third-order valence-electron chi connectivity index (χ3n) is 5.29. The Hall–Kier alpha value is -4.12. The predicted molar refractivity (Wildman–Crippen MR) is 119 cm³/mol. The van der Waals surface area contributed by atoms with Crippen molar-refractivity contribution in [3.63, 3.8) is 0 Å². The van der Waals surface area contributed by atoms with Crippen LogP contribution < -0.4 is 15.0 Å². The Balaban J connectivity index is 1.80. The number of hydrogen-bond donors (Lipinski definition) is 0. The first-order chi connectivity index (χ1) is 15.6. The van der Waals surface area contributed by atoms with E-state index in [0.29, 0.717) is 30.2 Å². The highest BCUT2D eigenvalue weighted by Crippen LogP contribution is 2.26. The monoisotopic (exact) mass is 430 g/mol. The summed E-state index contributed by atoms with van der Waals surface area (Å²) in [4.78, 5) is 32.2. The molecule has 2 aromatic heterocycles. The average molecular weight is 430 g/mol. The SMILES string of the molecule is COc1ccc(Oc2nc3ccccn3c(=O)c2C=C(C#N)C(=O)N2CCCCC2)cc1. The fourth-order valence-corrected chi connectivity index (χ4v) is 3.59. The van der Waals surface area contributed by atoms with Crippen LogP contribution in [0, 0.1) is 11.3 Å². The molecular formula is C24H22N4O4. The molecule has 4 rings (SSSR count). The smallest absolute Gasteiger partial charge is 0.269 e. The second-order valence-electron chi connectivity index (χ2n) is 7.36. The van der Waals surface area contributed by atoms with Gasteiger partial charge >= 0.3 is 0 Å². The van der Waals surface area contributed by atoms with Gasteiger partial charge in [0.15, 0.2) is 0 Å². The summed E-state index contributed by atoms with van der Waals surface area (Å²) in [6.45, 7) is 1.20. The molecule has 0 atom stereocenters. The van der Waals surface area contributed by atoms with Gasteiger partial charge in [0.1, 0.15) is 34.4 Å². The number of benzene rings is 1. The lowest BCUT2D eigenvalue weighted by atomic mass is 10.1. The summed E-state index contributed by atoms with van der Waals surface area (Å²) >= 11 is 0. The number of carbonyl (C=O) groups excluding carboxylic acids is 1. The minimum Gasteiger partial charge on any atom is -0.497 e. The number of likely N-dealkylation sites (tertiary alicyclic amines) is 1. The molecule has 0 radical (unpaired) electrons. The first kappa shape index (κ1) is 21.1. The quantitative estimate of drug-likeness (QED) is 0.455. The van der Waals surface area contributed by atoms with E-state index in [2.05, 4.69) is 4.98 Å². The second-order valence-corrected chi connectivity index (χ2v) is 7.36. The van der Waals surface area contributed by atoms with Gasteiger partial charge in [-0.2, -0.15) is 10.2 Å². The van der Waals surface area contributed by atoms with Gasteiger partial charge in [-0.1, -0.05) is 6.07 Å². The highest BCUT2D eigenvalue weighted by molar-refractivity contribution is 6.02. The molecule has 1 aliphatic rings. The summed E-state index contributed by atoms with van der Waals surface area (Å²) in [7, 11) is 1.56. The number of aromatic nitrogens is 2. The van der Waals surface area contributed by atoms with Crippen molar-refractivity contribution in [2.75, 3.05) is 20.2 Å². The number of ether oxygens (including phenoxy) is 2. The predicted octanol–water partition coefficient (Wildman–Crippen LogP) is 3.41. The van der Waals surface area contributed by atoms with Crippen molar-refractivity contribution in [3.8, 4) is 23.4 Å². The Bertz CT molecular complexity index is 1270. The van der Waals surface area contributed by atoms with E-state index in [0.717, 1.165) is 19.3 Å². The lowest BCUT2D eigenvalue weighted by Gasteiger charge is -2.26. The maximum atomic E-state index is 13.2. The molecule has 1 amide bonds. The van der Waals surface area contributed by atoms with Crippen LogP contribution in [0.2, 0.25) is 0 Å². The normalized spacial score (nSPS) is 14.1. The third-order valence-corrected chi connectivity index (χ3v) is 5.29. The van der Waals surface area contributed by atoms with Crippen molar-refractivity contribution >= 4 is 17.6 Å². The van der Waals surface area contributed by atoms with Gasteiger partial charge in [-0.3, -0.25) is 14.0 Å². The number of piperidine rings is 1. The van der Waals surface area contributed by atoms with Gasteiger partial charge < -0.3 is 14.4 Å². The molecular weight excluding hydrogens is 408 g/mol. The first-order valence-corrected chi connectivity index (χ1v) is 10.3. The fraction of sp³-hybridized carbons (Fsp3) is 0.250. The number of fused-ring (bicyclic) bond motifs is 1. The lowest BCUT2D eigenvalue weighted by molar-refractivity contribution is -0.127. The number of methoxy groups -OCH3 is 1. The largest absolute Gasteiger partial charge is 0.497 e. The number of nitrogens with zero attached hydrogens (tertiary/aromatic N) is 4. The Morgan fingerprint density at radius 1 is 1.09 bits per heavy atom. The molecule has 0 bridgehead atoms. The van der Waals surface area contributed by atoms with Gasteiger partial charge in [0, 0.05) is 19.3 Å². The number of pyridine rings is 1. The van der Waals surface area contributed by atoms with Crippen LogP contribution >= 0.6 is 0 Å². The fourth-order valence-electron chi connectivity index (χ4n) is 3.59.